The number of likely N-dealkylation sites (tertiary alicyclic amines) is 1. The Morgan fingerprint density at radius 1 is 1.09 bits per heavy atom. The molecule has 2 aliphatic heterocycles. The molecule has 2 aromatic heterocycles. The molecule has 9 rings (SSSR count). The molecular weight excluding hydrogens is 583 g/mol. The predicted molar refractivity (Wildman–Crippen MR) is 174 cm³/mol. The number of amides is 2. The number of piperidine rings is 1. The predicted octanol–water partition coefficient (Wildman–Crippen LogP) is 5.48. The Labute approximate surface area is 265 Å². The summed E-state index contributed by atoms with van der Waals surface area (Å²) in [6.07, 6.45) is 4.58. The van der Waals surface area contributed by atoms with E-state index in [-0.39, 0.29) is 36.0 Å². The van der Waals surface area contributed by atoms with Gasteiger partial charge in [-0.15, -0.1) is 0 Å². The zero-order valence-corrected chi connectivity index (χ0v) is 25.8. The van der Waals surface area contributed by atoms with Gasteiger partial charge >= 0.3 is 0 Å². The average Bonchev–Trinajstić information content (AvgIpc) is 3.27. The summed E-state index contributed by atoms with van der Waals surface area (Å²) in [5, 5.41) is 3.69. The van der Waals surface area contributed by atoms with Crippen molar-refractivity contribution in [1.82, 2.24) is 19.0 Å². The van der Waals surface area contributed by atoms with Crippen molar-refractivity contribution < 1.29 is 18.7 Å². The van der Waals surface area contributed by atoms with Crippen LogP contribution in [0.1, 0.15) is 41.6 Å². The Morgan fingerprint density at radius 2 is 1.93 bits per heavy atom. The Balaban J connectivity index is 1.15. The SMILES string of the molecule is COc1cc(C(=O)N2CC3CCC2[C@@H]3N)cc2nc(-c3cc4ccc(-c5cc(F)c6c(c5)CC(=O)N6)cc4n3CC3CC3)n(C)c12. The van der Waals surface area contributed by atoms with Crippen LogP contribution >= 0.6 is 0 Å². The minimum absolute atomic E-state index is 0.0198. The number of rotatable bonds is 6. The third kappa shape index (κ3) is 4.12. The first-order chi connectivity index (χ1) is 22.3. The van der Waals surface area contributed by atoms with Gasteiger partial charge in [-0.2, -0.15) is 0 Å². The minimum atomic E-state index is -0.418. The van der Waals surface area contributed by atoms with E-state index in [0.29, 0.717) is 40.8 Å². The number of nitrogens with two attached hydrogens (primary N) is 1. The lowest BCUT2D eigenvalue weighted by molar-refractivity contribution is -0.115. The standard InChI is InChI=1S/C36H35FN6O3/c1-41-34-26(11-24(14-30(34)46-2)36(45)43-17-21-7-8-27(43)32(21)38)39-35(41)29-13-20-6-5-19(12-28(20)42(29)16-18-3-4-18)22-9-23-15-31(44)40-33(23)25(37)10-22/h5-6,9-14,18,21,27,32H,3-4,7-8,15-17,38H2,1-2H3,(H,40,44)/t21?,27?,32-/m1/s1. The van der Waals surface area contributed by atoms with Crippen molar-refractivity contribution in [1.29, 1.82) is 0 Å². The van der Waals surface area contributed by atoms with Crippen molar-refractivity contribution in [2.45, 2.75) is 50.7 Å². The van der Waals surface area contributed by atoms with E-state index >= 15 is 0 Å². The fourth-order valence-corrected chi connectivity index (χ4v) is 8.11. The quantitative estimate of drug-likeness (QED) is 0.262. The fourth-order valence-electron chi connectivity index (χ4n) is 8.11. The first kappa shape index (κ1) is 27.6. The first-order valence-corrected chi connectivity index (χ1v) is 16.1. The molecule has 3 atom stereocenters. The van der Waals surface area contributed by atoms with Crippen molar-refractivity contribution in [2.75, 3.05) is 19.0 Å². The summed E-state index contributed by atoms with van der Waals surface area (Å²) < 4.78 is 25.2. The molecule has 2 aliphatic carbocycles. The number of halogens is 1. The van der Waals surface area contributed by atoms with E-state index in [9.17, 15) is 14.0 Å². The molecule has 3 fully saturated rings. The average molecular weight is 619 g/mol. The van der Waals surface area contributed by atoms with Gasteiger partial charge in [-0.1, -0.05) is 12.1 Å². The maximum atomic E-state index is 15.0. The molecule has 5 aromatic rings. The van der Waals surface area contributed by atoms with E-state index < -0.39 is 5.82 Å². The second-order valence-corrected chi connectivity index (χ2v) is 13.6. The van der Waals surface area contributed by atoms with Gasteiger partial charge in [0, 0.05) is 48.7 Å². The molecule has 234 valence electrons. The van der Waals surface area contributed by atoms with Crippen LogP contribution in [0.25, 0.3) is 44.6 Å². The van der Waals surface area contributed by atoms with E-state index in [1.807, 2.05) is 36.2 Å². The third-order valence-electron chi connectivity index (χ3n) is 10.7. The highest BCUT2D eigenvalue weighted by molar-refractivity contribution is 6.01. The molecular formula is C36H35FN6O3. The summed E-state index contributed by atoms with van der Waals surface area (Å²) in [6.45, 7) is 1.55. The Hall–Kier alpha value is -4.70. The fraction of sp³-hybridized carbons (Fsp3) is 0.361. The van der Waals surface area contributed by atoms with Crippen LogP contribution in [0.2, 0.25) is 0 Å². The lowest BCUT2D eigenvalue weighted by Gasteiger charge is -2.27. The number of imidazole rings is 1. The van der Waals surface area contributed by atoms with E-state index in [4.69, 9.17) is 15.5 Å². The summed E-state index contributed by atoms with van der Waals surface area (Å²) in [7, 11) is 3.61. The molecule has 4 aliphatic rings. The summed E-state index contributed by atoms with van der Waals surface area (Å²) >= 11 is 0. The molecule has 2 unspecified atom stereocenters. The molecule has 2 bridgehead atoms. The van der Waals surface area contributed by atoms with Crippen LogP contribution < -0.4 is 15.8 Å². The number of carbonyl (C=O) groups excluding carboxylic acids is 2. The number of hydrogen-bond acceptors (Lipinski definition) is 5. The van der Waals surface area contributed by atoms with Gasteiger partial charge in [-0.3, -0.25) is 9.59 Å². The normalized spacial score (nSPS) is 21.9. The van der Waals surface area contributed by atoms with Crippen molar-refractivity contribution in [2.24, 2.45) is 24.6 Å². The first-order valence-electron chi connectivity index (χ1n) is 16.1. The highest BCUT2D eigenvalue weighted by Gasteiger charge is 2.47. The lowest BCUT2D eigenvalue weighted by atomic mass is 10.0. The van der Waals surface area contributed by atoms with Gasteiger partial charge in [-0.25, -0.2) is 9.37 Å². The number of benzene rings is 3. The van der Waals surface area contributed by atoms with Gasteiger partial charge in [0.2, 0.25) is 5.91 Å². The number of nitrogens with one attached hydrogen (secondary N) is 1. The van der Waals surface area contributed by atoms with Crippen LogP contribution in [0, 0.1) is 17.7 Å². The van der Waals surface area contributed by atoms with Crippen LogP contribution in [-0.4, -0.2) is 56.6 Å². The Morgan fingerprint density at radius 3 is 2.67 bits per heavy atom. The summed E-state index contributed by atoms with van der Waals surface area (Å²) in [5.74, 6) is 1.72. The van der Waals surface area contributed by atoms with E-state index in [1.54, 1.807) is 7.11 Å². The molecule has 1 saturated heterocycles. The van der Waals surface area contributed by atoms with Crippen molar-refractivity contribution in [3.05, 3.63) is 65.5 Å². The Kier molecular flexibility index (Phi) is 5.94. The van der Waals surface area contributed by atoms with Crippen LogP contribution in [0.3, 0.4) is 0 Å². The summed E-state index contributed by atoms with van der Waals surface area (Å²) in [4.78, 5) is 32.7. The maximum Gasteiger partial charge on any atom is 0.254 e. The second kappa shape index (κ2) is 9.90. The van der Waals surface area contributed by atoms with Crippen molar-refractivity contribution in [3.8, 4) is 28.4 Å². The molecule has 10 heteroatoms. The molecule has 3 N–H and O–H groups in total. The number of methoxy groups -OCH3 is 1. The summed E-state index contributed by atoms with van der Waals surface area (Å²) in [5.41, 5.74) is 13.1. The van der Waals surface area contributed by atoms with Crippen LogP contribution in [-0.2, 0) is 24.8 Å². The zero-order chi connectivity index (χ0) is 31.4. The molecule has 4 heterocycles. The highest BCUT2D eigenvalue weighted by atomic mass is 19.1. The van der Waals surface area contributed by atoms with Crippen LogP contribution in [0.5, 0.6) is 5.75 Å². The van der Waals surface area contributed by atoms with E-state index in [0.717, 1.165) is 58.5 Å². The molecule has 2 saturated carbocycles. The van der Waals surface area contributed by atoms with Gasteiger partial charge in [-0.05, 0) is 90.6 Å². The zero-order valence-electron chi connectivity index (χ0n) is 25.8. The number of aryl methyl sites for hydroxylation is 1. The smallest absolute Gasteiger partial charge is 0.254 e. The number of aromatic nitrogens is 3. The largest absolute Gasteiger partial charge is 0.494 e. The van der Waals surface area contributed by atoms with Crippen molar-refractivity contribution >= 4 is 39.4 Å². The number of hydrogen-bond donors (Lipinski definition) is 2. The Bertz CT molecular complexity index is 2130. The molecule has 46 heavy (non-hydrogen) atoms. The minimum Gasteiger partial charge on any atom is -0.494 e. The van der Waals surface area contributed by atoms with Gasteiger partial charge in [0.25, 0.3) is 5.91 Å². The number of fused-ring (bicyclic) bond motifs is 5. The lowest BCUT2D eigenvalue weighted by Crippen LogP contribution is -2.41. The number of ether oxygens (including phenoxy) is 1. The van der Waals surface area contributed by atoms with E-state index in [1.165, 1.54) is 18.9 Å². The molecule has 2 amide bonds. The third-order valence-corrected chi connectivity index (χ3v) is 10.7. The highest BCUT2D eigenvalue weighted by Crippen LogP contribution is 2.41. The topological polar surface area (TPSA) is 107 Å². The van der Waals surface area contributed by atoms with Gasteiger partial charge in [0.15, 0.2) is 5.82 Å². The molecule has 0 radical (unpaired) electrons. The molecule has 9 nitrogen and oxygen atoms in total. The van der Waals surface area contributed by atoms with Crippen LogP contribution in [0.4, 0.5) is 10.1 Å². The van der Waals surface area contributed by atoms with E-state index in [2.05, 4.69) is 32.7 Å². The number of anilines is 1. The number of carbonyl (C=O) groups is 2. The molecule has 0 spiro atoms. The van der Waals surface area contributed by atoms with Crippen LogP contribution in [0.15, 0.2) is 48.5 Å². The monoisotopic (exact) mass is 618 g/mol. The van der Waals surface area contributed by atoms with Gasteiger partial charge < -0.3 is 29.8 Å². The molecule has 3 aromatic carbocycles. The summed E-state index contributed by atoms with van der Waals surface area (Å²) in [6, 6.07) is 15.6. The van der Waals surface area contributed by atoms with Crippen molar-refractivity contribution in [3.63, 3.8) is 0 Å². The maximum absolute atomic E-state index is 15.0. The second-order valence-electron chi connectivity index (χ2n) is 13.6. The van der Waals surface area contributed by atoms with Gasteiger partial charge in [0.1, 0.15) is 17.1 Å². The van der Waals surface area contributed by atoms with Gasteiger partial charge in [0.05, 0.1) is 30.4 Å². The number of nitrogens with zero attached hydrogens (tertiary/aromatic N) is 4.